The minimum absolute atomic E-state index is 0.588. The third-order valence-electron chi connectivity index (χ3n) is 5.45. The lowest BCUT2D eigenvalue weighted by atomic mass is 10.1. The Bertz CT molecular complexity index is 1500. The zero-order valence-electron chi connectivity index (χ0n) is 19.2. The topological polar surface area (TPSA) is 56.9 Å². The van der Waals surface area contributed by atoms with E-state index in [0.717, 1.165) is 55.3 Å². The van der Waals surface area contributed by atoms with Gasteiger partial charge in [0.05, 0.1) is 24.8 Å². The molecule has 0 bridgehead atoms. The molecule has 2 heterocycles. The van der Waals surface area contributed by atoms with Crippen LogP contribution in [0.5, 0.6) is 11.5 Å². The third kappa shape index (κ3) is 4.45. The van der Waals surface area contributed by atoms with Crippen molar-refractivity contribution >= 4 is 27.4 Å². The van der Waals surface area contributed by atoms with Gasteiger partial charge < -0.3 is 13.9 Å². The van der Waals surface area contributed by atoms with Gasteiger partial charge in [0, 0.05) is 27.5 Å². The van der Waals surface area contributed by atoms with Gasteiger partial charge in [-0.25, -0.2) is 9.98 Å². The summed E-state index contributed by atoms with van der Waals surface area (Å²) in [7, 11) is 1.65. The normalized spacial score (nSPS) is 11.7. The first-order chi connectivity index (χ1) is 16.6. The summed E-state index contributed by atoms with van der Waals surface area (Å²) in [5, 5.41) is 2.35. The number of thiazole rings is 1. The first kappa shape index (κ1) is 21.9. The van der Waals surface area contributed by atoms with E-state index in [0.29, 0.717) is 11.7 Å². The molecule has 6 heteroatoms. The summed E-state index contributed by atoms with van der Waals surface area (Å²) in [5.74, 6) is 2.29. The number of hydrogen-bond donors (Lipinski definition) is 0. The molecular weight excluding hydrogens is 444 g/mol. The Kier molecular flexibility index (Phi) is 6.14. The molecule has 5 rings (SSSR count). The summed E-state index contributed by atoms with van der Waals surface area (Å²) in [4.78, 5) is 10.9. The minimum Gasteiger partial charge on any atom is -0.497 e. The highest BCUT2D eigenvalue weighted by atomic mass is 32.1. The van der Waals surface area contributed by atoms with E-state index in [1.165, 1.54) is 0 Å². The van der Waals surface area contributed by atoms with Crippen LogP contribution in [-0.4, -0.2) is 18.7 Å². The molecule has 0 aliphatic heterocycles. The number of rotatable bonds is 6. The summed E-state index contributed by atoms with van der Waals surface area (Å²) < 4.78 is 17.3. The van der Waals surface area contributed by atoms with Crippen LogP contribution in [0.1, 0.15) is 11.8 Å². The summed E-state index contributed by atoms with van der Waals surface area (Å²) >= 11 is 1.58. The molecule has 0 aliphatic rings. The second kappa shape index (κ2) is 9.53. The molecule has 0 aliphatic carbocycles. The molecule has 3 aromatic carbocycles. The molecule has 0 N–H and O–H groups in total. The number of hydrogen-bond acceptors (Lipinski definition) is 6. The van der Waals surface area contributed by atoms with Crippen molar-refractivity contribution in [3.05, 3.63) is 89.1 Å². The summed E-state index contributed by atoms with van der Waals surface area (Å²) in [6.07, 6.45) is 0. The Morgan fingerprint density at radius 1 is 0.912 bits per heavy atom. The smallest absolute Gasteiger partial charge is 0.210 e. The first-order valence-corrected chi connectivity index (χ1v) is 11.9. The summed E-state index contributed by atoms with van der Waals surface area (Å²) in [6.45, 7) is 4.63. The van der Waals surface area contributed by atoms with Gasteiger partial charge in [0.25, 0.3) is 0 Å². The molecule has 0 atom stereocenters. The van der Waals surface area contributed by atoms with Gasteiger partial charge in [0.15, 0.2) is 0 Å². The lowest BCUT2D eigenvalue weighted by Gasteiger charge is -2.08. The second-order valence-electron chi connectivity index (χ2n) is 7.69. The predicted molar refractivity (Wildman–Crippen MR) is 137 cm³/mol. The number of benzene rings is 3. The van der Waals surface area contributed by atoms with Crippen molar-refractivity contribution in [3.8, 4) is 34.1 Å². The van der Waals surface area contributed by atoms with Crippen molar-refractivity contribution < 1.29 is 13.9 Å². The van der Waals surface area contributed by atoms with E-state index in [-0.39, 0.29) is 0 Å². The number of ether oxygens (including phenoxy) is 2. The highest BCUT2D eigenvalue weighted by molar-refractivity contribution is 7.15. The fourth-order valence-electron chi connectivity index (χ4n) is 3.79. The second-order valence-corrected chi connectivity index (χ2v) is 8.88. The number of fused-ring (bicyclic) bond motifs is 1. The lowest BCUT2D eigenvalue weighted by molar-refractivity contribution is 0.340. The van der Waals surface area contributed by atoms with Crippen LogP contribution in [0.4, 0.5) is 5.13 Å². The Labute approximate surface area is 202 Å². The Morgan fingerprint density at radius 2 is 1.68 bits per heavy atom. The molecule has 170 valence electrons. The van der Waals surface area contributed by atoms with Crippen molar-refractivity contribution in [3.63, 3.8) is 0 Å². The third-order valence-corrected chi connectivity index (χ3v) is 6.31. The largest absolute Gasteiger partial charge is 0.497 e. The van der Waals surface area contributed by atoms with Crippen LogP contribution >= 0.6 is 11.3 Å². The number of methoxy groups -OCH3 is 1. The van der Waals surface area contributed by atoms with Gasteiger partial charge in [-0.1, -0.05) is 41.7 Å². The maximum Gasteiger partial charge on any atom is 0.210 e. The van der Waals surface area contributed by atoms with Crippen molar-refractivity contribution in [2.45, 2.75) is 13.8 Å². The maximum absolute atomic E-state index is 6.26. The van der Waals surface area contributed by atoms with Gasteiger partial charge in [-0.05, 0) is 56.3 Å². The van der Waals surface area contributed by atoms with Crippen molar-refractivity contribution in [2.75, 3.05) is 13.7 Å². The van der Waals surface area contributed by atoms with Crippen LogP contribution in [0.15, 0.2) is 88.3 Å². The van der Waals surface area contributed by atoms with E-state index < -0.39 is 0 Å². The molecule has 5 nitrogen and oxygen atoms in total. The number of aryl methyl sites for hydroxylation is 1. The van der Waals surface area contributed by atoms with E-state index >= 15 is 0 Å². The molecule has 0 unspecified atom stereocenters. The average molecular weight is 469 g/mol. The summed E-state index contributed by atoms with van der Waals surface area (Å²) in [5.41, 5.74) is 3.71. The first-order valence-electron chi connectivity index (χ1n) is 11.1. The molecule has 5 aromatic rings. The molecule has 2 aromatic heterocycles. The zero-order valence-corrected chi connectivity index (χ0v) is 20.1. The van der Waals surface area contributed by atoms with Gasteiger partial charge in [0.1, 0.15) is 22.8 Å². The molecule has 0 amide bonds. The van der Waals surface area contributed by atoms with E-state index in [2.05, 4.69) is 19.1 Å². The van der Waals surface area contributed by atoms with Crippen molar-refractivity contribution in [2.24, 2.45) is 4.99 Å². The standard InChI is InChI=1S/C28H24N2O3S/c1-4-32-22-14-15-25-23(16-22)24(17-26(33-25)19-10-12-21(31-3)13-11-19)29-28-30-27(18(2)34-28)20-8-6-5-7-9-20/h5-17H,4H2,1-3H3. The van der Waals surface area contributed by atoms with Crippen LogP contribution in [0.2, 0.25) is 0 Å². The van der Waals surface area contributed by atoms with Crippen molar-refractivity contribution in [1.29, 1.82) is 0 Å². The highest BCUT2D eigenvalue weighted by Crippen LogP contribution is 2.32. The monoisotopic (exact) mass is 468 g/mol. The Balaban J connectivity index is 1.68. The number of aromatic nitrogens is 1. The van der Waals surface area contributed by atoms with Crippen molar-refractivity contribution in [1.82, 2.24) is 4.98 Å². The van der Waals surface area contributed by atoms with Gasteiger partial charge in [0.2, 0.25) is 5.13 Å². The maximum atomic E-state index is 6.26. The van der Waals surface area contributed by atoms with Gasteiger partial charge >= 0.3 is 0 Å². The molecular formula is C28H24N2O3S. The summed E-state index contributed by atoms with van der Waals surface area (Å²) in [6, 6.07) is 25.7. The van der Waals surface area contributed by atoms with Gasteiger partial charge in [-0.15, -0.1) is 0 Å². The van der Waals surface area contributed by atoms with Crippen LogP contribution < -0.4 is 14.8 Å². The predicted octanol–water partition coefficient (Wildman–Crippen LogP) is 7.17. The van der Waals surface area contributed by atoms with E-state index in [1.54, 1.807) is 18.4 Å². The van der Waals surface area contributed by atoms with Crippen LogP contribution in [0.3, 0.4) is 0 Å². The average Bonchev–Trinajstić information content (AvgIpc) is 3.24. The van der Waals surface area contributed by atoms with E-state index in [9.17, 15) is 0 Å². The van der Waals surface area contributed by atoms with Gasteiger partial charge in [-0.3, -0.25) is 0 Å². The molecule has 0 spiro atoms. The van der Waals surface area contributed by atoms with Crippen LogP contribution in [-0.2, 0) is 0 Å². The van der Waals surface area contributed by atoms with Crippen LogP contribution in [0.25, 0.3) is 33.6 Å². The number of nitrogens with zero attached hydrogens (tertiary/aromatic N) is 2. The van der Waals surface area contributed by atoms with Crippen LogP contribution in [0, 0.1) is 6.92 Å². The molecule has 0 saturated heterocycles. The lowest BCUT2D eigenvalue weighted by Crippen LogP contribution is -2.04. The quantitative estimate of drug-likeness (QED) is 0.265. The van der Waals surface area contributed by atoms with E-state index in [1.807, 2.05) is 73.7 Å². The SMILES string of the molecule is CCOc1ccc2oc(-c3ccc(OC)cc3)cc(=Nc3nc(-c4ccccc4)c(C)s3)c2c1. The van der Waals surface area contributed by atoms with Gasteiger partial charge in [-0.2, -0.15) is 0 Å². The zero-order chi connectivity index (χ0) is 23.5. The fraction of sp³-hybridized carbons (Fsp3) is 0.143. The molecule has 0 fully saturated rings. The minimum atomic E-state index is 0.588. The molecule has 0 radical (unpaired) electrons. The molecule has 0 saturated carbocycles. The Morgan fingerprint density at radius 3 is 2.41 bits per heavy atom. The fourth-order valence-corrected chi connectivity index (χ4v) is 4.61. The highest BCUT2D eigenvalue weighted by Gasteiger charge is 2.12. The van der Waals surface area contributed by atoms with E-state index in [4.69, 9.17) is 23.9 Å². The molecule has 34 heavy (non-hydrogen) atoms. The Hall–Kier alpha value is -3.90.